The monoisotopic (exact) mass is 722 g/mol. The van der Waals surface area contributed by atoms with E-state index in [1.807, 2.05) is 30.3 Å². The average Bonchev–Trinajstić information content (AvgIpc) is 3.11. The Morgan fingerprint density at radius 3 is 2.16 bits per heavy atom. The van der Waals surface area contributed by atoms with Gasteiger partial charge in [0.25, 0.3) is 15.7 Å². The molecule has 4 aromatic carbocycles. The highest BCUT2D eigenvalue weighted by Gasteiger charge is 2.36. The van der Waals surface area contributed by atoms with Crippen LogP contribution in [-0.4, -0.2) is 48.7 Å². The molecule has 1 N–H and O–H groups in total. The molecule has 256 valence electrons. The first-order valence-electron chi connectivity index (χ1n) is 15.9. The average molecular weight is 724 g/mol. The molecule has 1 saturated carbocycles. The van der Waals surface area contributed by atoms with Gasteiger partial charge in [0.2, 0.25) is 11.8 Å². The summed E-state index contributed by atoms with van der Waals surface area (Å²) in [6.07, 6.45) is 4.84. The van der Waals surface area contributed by atoms with Crippen LogP contribution in [0, 0.1) is 10.1 Å². The smallest absolute Gasteiger partial charge is 0.271 e. The molecule has 0 aliphatic heterocycles. The number of hydrogen-bond acceptors (Lipinski definition) is 6. The molecule has 2 amide bonds. The zero-order chi connectivity index (χ0) is 35.0. The first-order valence-corrected chi connectivity index (χ1v) is 18.1. The van der Waals surface area contributed by atoms with Gasteiger partial charge in [0.1, 0.15) is 12.6 Å². The summed E-state index contributed by atoms with van der Waals surface area (Å²) in [6, 6.07) is 25.6. The van der Waals surface area contributed by atoms with Crippen LogP contribution in [0.1, 0.15) is 43.2 Å². The molecule has 0 aromatic heterocycles. The lowest BCUT2D eigenvalue weighted by Crippen LogP contribution is -2.55. The molecule has 0 bridgehead atoms. The first kappa shape index (κ1) is 35.8. The van der Waals surface area contributed by atoms with Crippen molar-refractivity contribution in [3.05, 3.63) is 134 Å². The maximum absolute atomic E-state index is 14.7. The third-order valence-electron chi connectivity index (χ3n) is 8.50. The Kier molecular flexibility index (Phi) is 11.9. The van der Waals surface area contributed by atoms with Crippen LogP contribution in [0.2, 0.25) is 10.0 Å². The number of anilines is 1. The number of nitro groups is 1. The number of amides is 2. The van der Waals surface area contributed by atoms with Crippen molar-refractivity contribution in [1.82, 2.24) is 10.2 Å². The largest absolute Gasteiger partial charge is 0.352 e. The van der Waals surface area contributed by atoms with E-state index >= 15 is 0 Å². The van der Waals surface area contributed by atoms with E-state index in [9.17, 15) is 28.1 Å². The maximum Gasteiger partial charge on any atom is 0.271 e. The number of carbonyl (C=O) groups is 2. The maximum atomic E-state index is 14.7. The molecule has 13 heteroatoms. The molecule has 0 spiro atoms. The van der Waals surface area contributed by atoms with Crippen molar-refractivity contribution in [3.63, 3.8) is 0 Å². The van der Waals surface area contributed by atoms with Crippen LogP contribution in [0.3, 0.4) is 0 Å². The second-order valence-electron chi connectivity index (χ2n) is 11.9. The second-order valence-corrected chi connectivity index (χ2v) is 14.6. The van der Waals surface area contributed by atoms with Gasteiger partial charge in [-0.1, -0.05) is 103 Å². The van der Waals surface area contributed by atoms with Gasteiger partial charge in [0.15, 0.2) is 0 Å². The molecule has 1 aliphatic carbocycles. The topological polar surface area (TPSA) is 130 Å². The van der Waals surface area contributed by atoms with Gasteiger partial charge in [-0.25, -0.2) is 8.42 Å². The molecule has 0 radical (unpaired) electrons. The van der Waals surface area contributed by atoms with E-state index in [0.29, 0.717) is 10.6 Å². The van der Waals surface area contributed by atoms with Crippen LogP contribution >= 0.6 is 23.2 Å². The fourth-order valence-corrected chi connectivity index (χ4v) is 7.69. The molecule has 0 unspecified atom stereocenters. The second kappa shape index (κ2) is 16.3. The molecule has 4 aromatic rings. The van der Waals surface area contributed by atoms with E-state index in [-0.39, 0.29) is 46.2 Å². The fraction of sp³-hybridized carbons (Fsp3) is 0.278. The summed E-state index contributed by atoms with van der Waals surface area (Å²) in [7, 11) is -4.41. The molecule has 1 atom stereocenters. The lowest BCUT2D eigenvalue weighted by Gasteiger charge is -2.35. The van der Waals surface area contributed by atoms with Crippen molar-refractivity contribution in [2.45, 2.75) is 62.0 Å². The van der Waals surface area contributed by atoms with Gasteiger partial charge >= 0.3 is 0 Å². The molecule has 10 nitrogen and oxygen atoms in total. The Labute approximate surface area is 295 Å². The zero-order valence-corrected chi connectivity index (χ0v) is 28.9. The molecular weight excluding hydrogens is 687 g/mol. The Morgan fingerprint density at radius 1 is 0.837 bits per heavy atom. The molecule has 5 rings (SSSR count). The van der Waals surface area contributed by atoms with Crippen molar-refractivity contribution < 1.29 is 22.9 Å². The minimum absolute atomic E-state index is 0.0544. The van der Waals surface area contributed by atoms with E-state index in [1.54, 1.807) is 36.4 Å². The van der Waals surface area contributed by atoms with Crippen molar-refractivity contribution in [2.24, 2.45) is 0 Å². The quantitative estimate of drug-likeness (QED) is 0.115. The highest BCUT2D eigenvalue weighted by molar-refractivity contribution is 7.92. The minimum Gasteiger partial charge on any atom is -0.352 e. The van der Waals surface area contributed by atoms with Gasteiger partial charge in [-0.2, -0.15) is 0 Å². The normalized spacial score (nSPS) is 14.1. The molecule has 49 heavy (non-hydrogen) atoms. The Bertz CT molecular complexity index is 1890. The number of sulfonamides is 1. The van der Waals surface area contributed by atoms with Crippen LogP contribution in [0.4, 0.5) is 11.4 Å². The van der Waals surface area contributed by atoms with Crippen LogP contribution in [-0.2, 0) is 32.6 Å². The number of halogens is 2. The van der Waals surface area contributed by atoms with Crippen LogP contribution in [0.25, 0.3) is 0 Å². The summed E-state index contributed by atoms with van der Waals surface area (Å²) in [5, 5.41) is 15.4. The number of non-ortho nitro benzene ring substituents is 1. The van der Waals surface area contributed by atoms with E-state index in [1.165, 1.54) is 35.2 Å². The highest BCUT2D eigenvalue weighted by Crippen LogP contribution is 2.29. The summed E-state index contributed by atoms with van der Waals surface area (Å²) in [4.78, 5) is 41.2. The Balaban J connectivity index is 1.59. The predicted molar refractivity (Wildman–Crippen MR) is 190 cm³/mol. The lowest BCUT2D eigenvalue weighted by atomic mass is 9.94. The van der Waals surface area contributed by atoms with Gasteiger partial charge in [0.05, 0.1) is 25.6 Å². The van der Waals surface area contributed by atoms with Crippen LogP contribution in [0.15, 0.2) is 108 Å². The number of carbonyl (C=O) groups excluding carboxylic acids is 2. The SMILES string of the molecule is O=C(NC1CCCCC1)[C@H](Cc1ccccc1)N(Cc1ccc(Cl)c(Cl)c1)C(=O)CN(c1cccc([N+](=O)[O-])c1)S(=O)(=O)c1ccccc1. The van der Waals surface area contributed by atoms with E-state index < -0.39 is 33.4 Å². The standard InChI is InChI=1S/C36H36Cl2N4O6S/c37-32-20-19-27(21-33(32)38)24-40(34(22-26-11-4-1-5-12-26)36(44)39-28-13-6-2-7-14-28)35(43)25-41(29-15-10-16-30(23-29)42(45)46)49(47,48)31-17-8-3-9-18-31/h1,3-5,8-12,15-21,23,28,34H,2,6-7,13-14,22,24-25H2,(H,39,44)/t34-/m0/s1. The number of nitrogens with zero attached hydrogens (tertiary/aromatic N) is 3. The van der Waals surface area contributed by atoms with Crippen LogP contribution in [0.5, 0.6) is 0 Å². The number of rotatable bonds is 13. The number of benzene rings is 4. The predicted octanol–water partition coefficient (Wildman–Crippen LogP) is 7.19. The summed E-state index contributed by atoms with van der Waals surface area (Å²) in [6.45, 7) is -0.846. The van der Waals surface area contributed by atoms with Crippen LogP contribution < -0.4 is 9.62 Å². The van der Waals surface area contributed by atoms with E-state index in [4.69, 9.17) is 23.2 Å². The zero-order valence-electron chi connectivity index (χ0n) is 26.6. The minimum atomic E-state index is -4.41. The van der Waals surface area contributed by atoms with Crippen molar-refractivity contribution >= 4 is 56.4 Å². The van der Waals surface area contributed by atoms with Gasteiger partial charge in [-0.15, -0.1) is 0 Å². The van der Waals surface area contributed by atoms with Gasteiger partial charge in [-0.3, -0.25) is 24.0 Å². The molecular formula is C36H36Cl2N4O6S. The Morgan fingerprint density at radius 2 is 1.51 bits per heavy atom. The summed E-state index contributed by atoms with van der Waals surface area (Å²) in [5.41, 5.74) is 0.941. The number of nitro benzene ring substituents is 1. The number of hydrogen-bond donors (Lipinski definition) is 1. The van der Waals surface area contributed by atoms with E-state index in [0.717, 1.165) is 48.0 Å². The summed E-state index contributed by atoms with van der Waals surface area (Å²) >= 11 is 12.5. The molecule has 0 saturated heterocycles. The van der Waals surface area contributed by atoms with Crippen molar-refractivity contribution in [2.75, 3.05) is 10.8 Å². The molecule has 1 aliphatic rings. The third-order valence-corrected chi connectivity index (χ3v) is 11.0. The van der Waals surface area contributed by atoms with E-state index in [2.05, 4.69) is 5.32 Å². The fourth-order valence-electron chi connectivity index (χ4n) is 5.94. The summed E-state index contributed by atoms with van der Waals surface area (Å²) in [5.74, 6) is -1.06. The van der Waals surface area contributed by atoms with Gasteiger partial charge in [0, 0.05) is 31.1 Å². The van der Waals surface area contributed by atoms with Crippen molar-refractivity contribution in [3.8, 4) is 0 Å². The van der Waals surface area contributed by atoms with Crippen molar-refractivity contribution in [1.29, 1.82) is 0 Å². The molecule has 1 fully saturated rings. The molecule has 0 heterocycles. The van der Waals surface area contributed by atoms with Gasteiger partial charge < -0.3 is 10.2 Å². The number of nitrogens with one attached hydrogen (secondary N) is 1. The summed E-state index contributed by atoms with van der Waals surface area (Å²) < 4.78 is 29.1. The van der Waals surface area contributed by atoms with Gasteiger partial charge in [-0.05, 0) is 54.3 Å². The first-order chi connectivity index (χ1) is 23.5. The highest BCUT2D eigenvalue weighted by atomic mass is 35.5. The Hall–Kier alpha value is -4.45. The third kappa shape index (κ3) is 9.17. The lowest BCUT2D eigenvalue weighted by molar-refractivity contribution is -0.384.